The van der Waals surface area contributed by atoms with Gasteiger partial charge in [0.1, 0.15) is 5.82 Å². The fourth-order valence-corrected chi connectivity index (χ4v) is 2.69. The summed E-state index contributed by atoms with van der Waals surface area (Å²) in [5.41, 5.74) is 2.64. The quantitative estimate of drug-likeness (QED) is 0.680. The average Bonchev–Trinajstić information content (AvgIpc) is 2.80. The third-order valence-electron chi connectivity index (χ3n) is 3.62. The molecule has 1 unspecified atom stereocenters. The molecule has 0 aliphatic heterocycles. The average molecular weight is 247 g/mol. The standard InChI is InChI=1S/C15H18FNO/c1-2-3-4-11-7-10-14(17-18)15(11)12-5-8-13(16)9-6-12/h5-6,8-9,11H,2-4,7,10H2,1H3. The van der Waals surface area contributed by atoms with E-state index in [1.807, 2.05) is 0 Å². The van der Waals surface area contributed by atoms with Crippen LogP contribution in [0.4, 0.5) is 4.39 Å². The van der Waals surface area contributed by atoms with Gasteiger partial charge >= 0.3 is 0 Å². The van der Waals surface area contributed by atoms with Crippen LogP contribution < -0.4 is 0 Å². The molecule has 1 aromatic rings. The molecule has 18 heavy (non-hydrogen) atoms. The summed E-state index contributed by atoms with van der Waals surface area (Å²) >= 11 is 0. The molecule has 1 aliphatic carbocycles. The summed E-state index contributed by atoms with van der Waals surface area (Å²) in [5, 5.41) is 3.16. The van der Waals surface area contributed by atoms with E-state index < -0.39 is 0 Å². The molecule has 0 saturated heterocycles. The number of unbranched alkanes of at least 4 members (excludes halogenated alkanes) is 1. The van der Waals surface area contributed by atoms with E-state index >= 15 is 0 Å². The molecule has 0 heterocycles. The highest BCUT2D eigenvalue weighted by Crippen LogP contribution is 2.41. The van der Waals surface area contributed by atoms with Crippen LogP contribution in [0.2, 0.25) is 0 Å². The maximum Gasteiger partial charge on any atom is 0.123 e. The molecule has 2 nitrogen and oxygen atoms in total. The van der Waals surface area contributed by atoms with Gasteiger partial charge in [-0.3, -0.25) is 0 Å². The maximum absolute atomic E-state index is 13.0. The van der Waals surface area contributed by atoms with Crippen LogP contribution in [0.15, 0.2) is 35.1 Å². The fourth-order valence-electron chi connectivity index (χ4n) is 2.69. The summed E-state index contributed by atoms with van der Waals surface area (Å²) in [4.78, 5) is 10.9. The molecular weight excluding hydrogens is 229 g/mol. The molecule has 0 saturated carbocycles. The number of nitroso groups, excluding NO2 is 1. The van der Waals surface area contributed by atoms with Crippen molar-refractivity contribution in [2.45, 2.75) is 39.0 Å². The lowest BCUT2D eigenvalue weighted by molar-refractivity contribution is 0.555. The zero-order chi connectivity index (χ0) is 13.0. The van der Waals surface area contributed by atoms with Crippen molar-refractivity contribution in [3.8, 4) is 0 Å². The molecule has 1 aromatic carbocycles. The first-order valence-corrected chi connectivity index (χ1v) is 6.58. The largest absolute Gasteiger partial charge is 0.207 e. The van der Waals surface area contributed by atoms with Gasteiger partial charge in [-0.1, -0.05) is 31.9 Å². The summed E-state index contributed by atoms with van der Waals surface area (Å²) in [5.74, 6) is 0.158. The van der Waals surface area contributed by atoms with Crippen molar-refractivity contribution in [1.29, 1.82) is 0 Å². The van der Waals surface area contributed by atoms with E-state index in [0.717, 1.165) is 43.2 Å². The van der Waals surface area contributed by atoms with Crippen molar-refractivity contribution in [3.63, 3.8) is 0 Å². The van der Waals surface area contributed by atoms with Crippen LogP contribution in [0.5, 0.6) is 0 Å². The van der Waals surface area contributed by atoms with Crippen molar-refractivity contribution in [2.75, 3.05) is 0 Å². The topological polar surface area (TPSA) is 29.4 Å². The highest BCUT2D eigenvalue weighted by atomic mass is 19.1. The lowest BCUT2D eigenvalue weighted by Crippen LogP contribution is -1.99. The Morgan fingerprint density at radius 2 is 2.06 bits per heavy atom. The minimum absolute atomic E-state index is 0.247. The monoisotopic (exact) mass is 247 g/mol. The van der Waals surface area contributed by atoms with Gasteiger partial charge in [0, 0.05) is 0 Å². The van der Waals surface area contributed by atoms with Crippen molar-refractivity contribution in [1.82, 2.24) is 0 Å². The highest BCUT2D eigenvalue weighted by molar-refractivity contribution is 5.72. The van der Waals surface area contributed by atoms with Gasteiger partial charge in [-0.2, -0.15) is 0 Å². The Labute approximate surface area is 107 Å². The number of rotatable bonds is 5. The van der Waals surface area contributed by atoms with Gasteiger partial charge < -0.3 is 0 Å². The Morgan fingerprint density at radius 1 is 1.33 bits per heavy atom. The molecule has 1 atom stereocenters. The van der Waals surface area contributed by atoms with Crippen LogP contribution in [0.1, 0.15) is 44.6 Å². The Morgan fingerprint density at radius 3 is 2.67 bits per heavy atom. The predicted molar refractivity (Wildman–Crippen MR) is 71.4 cm³/mol. The second kappa shape index (κ2) is 5.89. The van der Waals surface area contributed by atoms with Crippen LogP contribution in [-0.2, 0) is 0 Å². The van der Waals surface area contributed by atoms with Gasteiger partial charge in [0.05, 0.1) is 5.70 Å². The minimum atomic E-state index is -0.247. The Bertz CT molecular complexity index is 450. The molecule has 0 fully saturated rings. The fraction of sp³-hybridized carbons (Fsp3) is 0.467. The molecule has 0 amide bonds. The minimum Gasteiger partial charge on any atom is -0.207 e. The van der Waals surface area contributed by atoms with Crippen molar-refractivity contribution >= 4 is 5.57 Å². The molecule has 0 aromatic heterocycles. The van der Waals surface area contributed by atoms with E-state index in [9.17, 15) is 9.30 Å². The Balaban J connectivity index is 2.29. The number of hydrogen-bond acceptors (Lipinski definition) is 2. The van der Waals surface area contributed by atoms with E-state index in [0.29, 0.717) is 11.6 Å². The first-order valence-electron chi connectivity index (χ1n) is 6.58. The van der Waals surface area contributed by atoms with Crippen LogP contribution in [0, 0.1) is 16.6 Å². The summed E-state index contributed by atoms with van der Waals surface area (Å²) < 4.78 is 13.0. The van der Waals surface area contributed by atoms with Gasteiger partial charge in [-0.25, -0.2) is 4.39 Å². The van der Waals surface area contributed by atoms with E-state index in [-0.39, 0.29) is 5.82 Å². The number of hydrogen-bond donors (Lipinski definition) is 0. The molecular formula is C15H18FNO. The van der Waals surface area contributed by atoms with Crippen molar-refractivity contribution in [2.24, 2.45) is 11.1 Å². The lowest BCUT2D eigenvalue weighted by atomic mass is 9.90. The molecule has 2 rings (SSSR count). The number of benzene rings is 1. The van der Waals surface area contributed by atoms with Gasteiger partial charge in [0.2, 0.25) is 0 Å². The van der Waals surface area contributed by atoms with Gasteiger partial charge in [0.25, 0.3) is 0 Å². The second-order valence-corrected chi connectivity index (χ2v) is 4.84. The SMILES string of the molecule is CCCCC1CCC(N=O)=C1c1ccc(F)cc1. The molecule has 0 N–H and O–H groups in total. The van der Waals surface area contributed by atoms with Crippen molar-refractivity contribution < 1.29 is 4.39 Å². The maximum atomic E-state index is 13.0. The van der Waals surface area contributed by atoms with Crippen LogP contribution in [0.25, 0.3) is 5.57 Å². The predicted octanol–water partition coefficient (Wildman–Crippen LogP) is 4.90. The third-order valence-corrected chi connectivity index (χ3v) is 3.62. The number of nitrogens with zero attached hydrogens (tertiary/aromatic N) is 1. The summed E-state index contributed by atoms with van der Waals surface area (Å²) in [6.45, 7) is 2.16. The molecule has 3 heteroatoms. The first kappa shape index (κ1) is 12.9. The highest BCUT2D eigenvalue weighted by Gasteiger charge is 2.26. The second-order valence-electron chi connectivity index (χ2n) is 4.84. The molecule has 0 spiro atoms. The van der Waals surface area contributed by atoms with E-state index in [1.54, 1.807) is 12.1 Å². The van der Waals surface area contributed by atoms with E-state index in [2.05, 4.69) is 12.1 Å². The van der Waals surface area contributed by atoms with Gasteiger partial charge in [-0.15, -0.1) is 4.91 Å². The molecule has 1 aliphatic rings. The molecule has 0 radical (unpaired) electrons. The normalized spacial score (nSPS) is 19.3. The Hall–Kier alpha value is -1.51. The summed E-state index contributed by atoms with van der Waals surface area (Å²) in [6.07, 6.45) is 5.14. The van der Waals surface area contributed by atoms with E-state index in [4.69, 9.17) is 0 Å². The molecule has 0 bridgehead atoms. The van der Waals surface area contributed by atoms with Gasteiger partial charge in [-0.05, 0) is 53.6 Å². The number of halogens is 1. The van der Waals surface area contributed by atoms with Gasteiger partial charge in [0.15, 0.2) is 0 Å². The third kappa shape index (κ3) is 2.66. The lowest BCUT2D eigenvalue weighted by Gasteiger charge is -2.14. The zero-order valence-electron chi connectivity index (χ0n) is 10.7. The van der Waals surface area contributed by atoms with E-state index in [1.165, 1.54) is 12.1 Å². The summed E-state index contributed by atoms with van der Waals surface area (Å²) in [7, 11) is 0. The van der Waals surface area contributed by atoms with Crippen molar-refractivity contribution in [3.05, 3.63) is 46.3 Å². The van der Waals surface area contributed by atoms with Crippen LogP contribution in [-0.4, -0.2) is 0 Å². The molecule has 96 valence electrons. The smallest absolute Gasteiger partial charge is 0.123 e. The Kier molecular flexibility index (Phi) is 4.24. The van der Waals surface area contributed by atoms with Crippen LogP contribution in [0.3, 0.4) is 0 Å². The van der Waals surface area contributed by atoms with Crippen LogP contribution >= 0.6 is 0 Å². The first-order chi connectivity index (χ1) is 8.76. The zero-order valence-corrected chi connectivity index (χ0v) is 10.7. The summed E-state index contributed by atoms with van der Waals surface area (Å²) in [6, 6.07) is 6.39. The number of allylic oxidation sites excluding steroid dienone is 2.